The molecule has 1 aromatic carbocycles. The van der Waals surface area contributed by atoms with E-state index in [1.54, 1.807) is 0 Å². The van der Waals surface area contributed by atoms with Crippen molar-refractivity contribution in [3.05, 3.63) is 29.8 Å². The molecule has 0 aromatic heterocycles. The Hall–Kier alpha value is -1.77. The summed E-state index contributed by atoms with van der Waals surface area (Å²) in [5.41, 5.74) is -1.08. The third-order valence-corrected chi connectivity index (χ3v) is 4.71. The average molecular weight is 339 g/mol. The van der Waals surface area contributed by atoms with E-state index in [1.165, 1.54) is 13.0 Å². The summed E-state index contributed by atoms with van der Waals surface area (Å²) in [6.45, 7) is 1.18. The molecule has 0 saturated carbocycles. The normalized spacial score (nSPS) is 12.2. The number of aliphatic carboxylic acids is 1. The van der Waals surface area contributed by atoms with Crippen molar-refractivity contribution < 1.29 is 31.5 Å². The van der Waals surface area contributed by atoms with Crippen molar-refractivity contribution in [2.24, 2.45) is 0 Å². The molecule has 0 aliphatic rings. The summed E-state index contributed by atoms with van der Waals surface area (Å²) >= 11 is 0. The molecular formula is C13H16F3NO4S. The van der Waals surface area contributed by atoms with Gasteiger partial charge in [0.1, 0.15) is 0 Å². The van der Waals surface area contributed by atoms with E-state index in [0.717, 1.165) is 22.5 Å². The lowest BCUT2D eigenvalue weighted by atomic mass is 10.2. The number of alkyl halides is 3. The molecule has 5 nitrogen and oxygen atoms in total. The number of carboxylic acid groups (broad SMARTS) is 1. The molecule has 22 heavy (non-hydrogen) atoms. The van der Waals surface area contributed by atoms with E-state index in [4.69, 9.17) is 5.11 Å². The van der Waals surface area contributed by atoms with Gasteiger partial charge < -0.3 is 5.11 Å². The maximum absolute atomic E-state index is 12.7. The molecule has 0 radical (unpaired) electrons. The predicted molar refractivity (Wildman–Crippen MR) is 75.1 cm³/mol. The maximum atomic E-state index is 12.7. The van der Waals surface area contributed by atoms with Crippen LogP contribution in [0.3, 0.4) is 0 Å². The highest BCUT2D eigenvalue weighted by Gasteiger charge is 2.31. The first kappa shape index (κ1) is 18.3. The van der Waals surface area contributed by atoms with Gasteiger partial charge in [0.25, 0.3) is 0 Å². The molecule has 0 heterocycles. The number of hydrogen-bond donors (Lipinski definition) is 1. The summed E-state index contributed by atoms with van der Waals surface area (Å²) in [7, 11) is -3.80. The van der Waals surface area contributed by atoms with Gasteiger partial charge in [-0.25, -0.2) is 8.42 Å². The summed E-state index contributed by atoms with van der Waals surface area (Å²) in [5.74, 6) is -1.39. The van der Waals surface area contributed by atoms with E-state index >= 15 is 0 Å². The van der Waals surface area contributed by atoms with Crippen LogP contribution in [0.4, 0.5) is 18.9 Å². The van der Waals surface area contributed by atoms with Gasteiger partial charge in [-0.2, -0.15) is 13.2 Å². The van der Waals surface area contributed by atoms with Gasteiger partial charge in [0.15, 0.2) is 0 Å². The Bertz CT molecular complexity index is 628. The molecule has 1 N–H and O–H groups in total. The maximum Gasteiger partial charge on any atom is 0.416 e. The van der Waals surface area contributed by atoms with Crippen LogP contribution >= 0.6 is 0 Å². The number of sulfonamides is 1. The van der Waals surface area contributed by atoms with Crippen molar-refractivity contribution in [1.29, 1.82) is 0 Å². The number of rotatable bonds is 7. The van der Waals surface area contributed by atoms with E-state index in [1.807, 2.05) is 0 Å². The summed E-state index contributed by atoms with van der Waals surface area (Å²) in [5, 5.41) is 8.59. The van der Waals surface area contributed by atoms with Gasteiger partial charge in [0, 0.05) is 13.0 Å². The van der Waals surface area contributed by atoms with Crippen molar-refractivity contribution in [1.82, 2.24) is 0 Å². The average Bonchev–Trinajstić information content (AvgIpc) is 2.42. The number of carbonyl (C=O) groups is 1. The van der Waals surface area contributed by atoms with Gasteiger partial charge in [0.05, 0.1) is 17.0 Å². The van der Waals surface area contributed by atoms with Crippen LogP contribution in [-0.2, 0) is 21.0 Å². The number of carboxylic acids is 1. The highest BCUT2D eigenvalue weighted by molar-refractivity contribution is 7.92. The smallest absolute Gasteiger partial charge is 0.416 e. The standard InChI is InChI=1S/C13H16F3NO4S/c1-2-22(20,21)17(8-4-7-12(18)19)11-6-3-5-10(9-11)13(14,15)16/h3,5-6,9H,2,4,7-8H2,1H3,(H,18,19). The molecule has 0 amide bonds. The molecule has 0 unspecified atom stereocenters. The number of hydrogen-bond acceptors (Lipinski definition) is 3. The number of anilines is 1. The molecule has 124 valence electrons. The van der Waals surface area contributed by atoms with E-state index in [9.17, 15) is 26.4 Å². The van der Waals surface area contributed by atoms with Gasteiger partial charge in [-0.05, 0) is 31.5 Å². The van der Waals surface area contributed by atoms with Crippen LogP contribution in [0, 0.1) is 0 Å². The van der Waals surface area contributed by atoms with Crippen molar-refractivity contribution in [2.75, 3.05) is 16.6 Å². The van der Waals surface area contributed by atoms with Crippen molar-refractivity contribution in [3.63, 3.8) is 0 Å². The first-order valence-electron chi connectivity index (χ1n) is 6.47. The third-order valence-electron chi connectivity index (χ3n) is 2.91. The van der Waals surface area contributed by atoms with Crippen LogP contribution in [0.5, 0.6) is 0 Å². The Labute approximate surface area is 126 Å². The number of benzene rings is 1. The minimum Gasteiger partial charge on any atom is -0.481 e. The van der Waals surface area contributed by atoms with E-state index < -0.39 is 27.7 Å². The van der Waals surface area contributed by atoms with Crippen molar-refractivity contribution in [3.8, 4) is 0 Å². The zero-order valence-corrected chi connectivity index (χ0v) is 12.6. The van der Waals surface area contributed by atoms with Gasteiger partial charge in [0.2, 0.25) is 10.0 Å². The summed E-state index contributed by atoms with van der Waals surface area (Å²) in [6, 6.07) is 3.96. The Morgan fingerprint density at radius 1 is 1.32 bits per heavy atom. The van der Waals surface area contributed by atoms with Crippen LogP contribution in [-0.4, -0.2) is 31.8 Å². The summed E-state index contributed by atoms with van der Waals surface area (Å²) in [4.78, 5) is 10.5. The van der Waals surface area contributed by atoms with Gasteiger partial charge >= 0.3 is 12.1 Å². The predicted octanol–water partition coefficient (Wildman–Crippen LogP) is 2.73. The van der Waals surface area contributed by atoms with Gasteiger partial charge in [-0.3, -0.25) is 9.10 Å². The molecule has 0 aliphatic carbocycles. The highest BCUT2D eigenvalue weighted by Crippen LogP contribution is 2.32. The fourth-order valence-corrected chi connectivity index (χ4v) is 2.95. The van der Waals surface area contributed by atoms with E-state index in [2.05, 4.69) is 0 Å². The zero-order chi connectivity index (χ0) is 17.0. The summed E-state index contributed by atoms with van der Waals surface area (Å²) in [6.07, 6.45) is -4.85. The molecule has 9 heteroatoms. The lowest BCUT2D eigenvalue weighted by molar-refractivity contribution is -0.138. The highest BCUT2D eigenvalue weighted by atomic mass is 32.2. The van der Waals surface area contributed by atoms with Crippen molar-refractivity contribution >= 4 is 21.7 Å². The molecule has 0 fully saturated rings. The molecule has 0 bridgehead atoms. The fourth-order valence-electron chi connectivity index (χ4n) is 1.80. The molecule has 0 saturated heterocycles. The van der Waals surface area contributed by atoms with Crippen LogP contribution in [0.2, 0.25) is 0 Å². The summed E-state index contributed by atoms with van der Waals surface area (Å²) < 4.78 is 63.1. The Morgan fingerprint density at radius 2 is 1.95 bits per heavy atom. The zero-order valence-electron chi connectivity index (χ0n) is 11.8. The monoisotopic (exact) mass is 339 g/mol. The molecule has 0 spiro atoms. The van der Waals surface area contributed by atoms with E-state index in [0.29, 0.717) is 0 Å². The fraction of sp³-hybridized carbons (Fsp3) is 0.462. The number of halogens is 3. The Morgan fingerprint density at radius 3 is 2.45 bits per heavy atom. The molecular weight excluding hydrogens is 323 g/mol. The Kier molecular flexibility index (Phi) is 5.81. The molecule has 0 aliphatic heterocycles. The van der Waals surface area contributed by atoms with Crippen LogP contribution in [0.15, 0.2) is 24.3 Å². The first-order valence-corrected chi connectivity index (χ1v) is 8.08. The minimum absolute atomic E-state index is 0.00477. The first-order chi connectivity index (χ1) is 10.1. The SMILES string of the molecule is CCS(=O)(=O)N(CCCC(=O)O)c1cccc(C(F)(F)F)c1. The van der Waals surface area contributed by atoms with Gasteiger partial charge in [-0.15, -0.1) is 0 Å². The largest absolute Gasteiger partial charge is 0.481 e. The molecule has 1 aromatic rings. The van der Waals surface area contributed by atoms with Crippen LogP contribution < -0.4 is 4.31 Å². The molecule has 1 rings (SSSR count). The lowest BCUT2D eigenvalue weighted by Crippen LogP contribution is -2.33. The number of nitrogens with zero attached hydrogens (tertiary/aromatic N) is 1. The van der Waals surface area contributed by atoms with Gasteiger partial charge in [-0.1, -0.05) is 6.07 Å². The minimum atomic E-state index is -4.58. The van der Waals surface area contributed by atoms with Crippen LogP contribution in [0.25, 0.3) is 0 Å². The lowest BCUT2D eigenvalue weighted by Gasteiger charge is -2.24. The third kappa shape index (κ3) is 4.90. The Balaban J connectivity index is 3.14. The quantitative estimate of drug-likeness (QED) is 0.829. The van der Waals surface area contributed by atoms with Crippen LogP contribution in [0.1, 0.15) is 25.3 Å². The van der Waals surface area contributed by atoms with Crippen molar-refractivity contribution in [2.45, 2.75) is 25.9 Å². The molecule has 0 atom stereocenters. The second kappa shape index (κ2) is 6.99. The van der Waals surface area contributed by atoms with E-state index in [-0.39, 0.29) is 30.8 Å². The topological polar surface area (TPSA) is 74.7 Å². The second-order valence-corrected chi connectivity index (χ2v) is 6.70. The second-order valence-electron chi connectivity index (χ2n) is 4.52.